The first-order valence-corrected chi connectivity index (χ1v) is 7.90. The highest BCUT2D eigenvalue weighted by Gasteiger charge is 2.24. The van der Waals surface area contributed by atoms with Crippen LogP contribution in [0.3, 0.4) is 0 Å². The molecule has 0 bridgehead atoms. The summed E-state index contributed by atoms with van der Waals surface area (Å²) in [5.41, 5.74) is 4.31. The molecule has 4 rings (SSSR count). The van der Waals surface area contributed by atoms with Crippen molar-refractivity contribution in [3.05, 3.63) is 58.7 Å². The van der Waals surface area contributed by atoms with Gasteiger partial charge in [-0.25, -0.2) is 0 Å². The Hall–Kier alpha value is -2.72. The molecular weight excluding hydrogens is 324 g/mol. The van der Waals surface area contributed by atoms with Crippen LogP contribution in [0, 0.1) is 0 Å². The number of fused-ring (bicyclic) bond motifs is 2. The number of nitrogens with zero attached hydrogens (tertiary/aromatic N) is 1. The molecule has 0 fully saturated rings. The van der Waals surface area contributed by atoms with E-state index < -0.39 is 0 Å². The van der Waals surface area contributed by atoms with Crippen LogP contribution in [-0.2, 0) is 11.8 Å². The molecule has 120 valence electrons. The summed E-state index contributed by atoms with van der Waals surface area (Å²) in [7, 11) is 3.63. The van der Waals surface area contributed by atoms with Crippen LogP contribution < -0.4 is 10.1 Å². The number of ether oxygens (including phenoxy) is 1. The number of carbonyl (C=O) groups is 1. The minimum absolute atomic E-state index is 0.113. The smallest absolute Gasteiger partial charge is 0.256 e. The molecule has 1 aliphatic heterocycles. The number of hydrogen-bond acceptors (Lipinski definition) is 2. The van der Waals surface area contributed by atoms with E-state index in [1.54, 1.807) is 19.2 Å². The van der Waals surface area contributed by atoms with Crippen LogP contribution in [0.5, 0.6) is 5.75 Å². The number of amides is 1. The monoisotopic (exact) mass is 338 g/mol. The van der Waals surface area contributed by atoms with Gasteiger partial charge in [-0.3, -0.25) is 4.79 Å². The van der Waals surface area contributed by atoms with Crippen molar-refractivity contribution in [2.24, 2.45) is 7.05 Å². The molecule has 5 heteroatoms. The lowest BCUT2D eigenvalue weighted by molar-refractivity contribution is -0.110. The third-order valence-corrected chi connectivity index (χ3v) is 4.53. The second-order valence-electron chi connectivity index (χ2n) is 5.78. The van der Waals surface area contributed by atoms with Crippen LogP contribution in [0.4, 0.5) is 5.69 Å². The first-order valence-electron chi connectivity index (χ1n) is 7.53. The third-order valence-electron chi connectivity index (χ3n) is 4.29. The van der Waals surface area contributed by atoms with Crippen molar-refractivity contribution < 1.29 is 9.53 Å². The summed E-state index contributed by atoms with van der Waals surface area (Å²) in [6.45, 7) is 0. The van der Waals surface area contributed by atoms with Gasteiger partial charge in [0.15, 0.2) is 0 Å². The highest BCUT2D eigenvalue weighted by molar-refractivity contribution is 6.36. The largest absolute Gasteiger partial charge is 0.497 e. The fraction of sp³-hybridized carbons (Fsp3) is 0.105. The van der Waals surface area contributed by atoms with Gasteiger partial charge in [0.2, 0.25) is 0 Å². The van der Waals surface area contributed by atoms with Crippen molar-refractivity contribution in [3.63, 3.8) is 0 Å². The van der Waals surface area contributed by atoms with Crippen molar-refractivity contribution in [3.8, 4) is 5.75 Å². The number of anilines is 1. The van der Waals surface area contributed by atoms with E-state index in [2.05, 4.69) is 5.32 Å². The van der Waals surface area contributed by atoms with Crippen LogP contribution in [0.1, 0.15) is 11.1 Å². The van der Waals surface area contributed by atoms with Crippen molar-refractivity contribution >= 4 is 45.7 Å². The highest BCUT2D eigenvalue weighted by atomic mass is 35.5. The summed E-state index contributed by atoms with van der Waals surface area (Å²) in [5.74, 6) is 0.694. The summed E-state index contributed by atoms with van der Waals surface area (Å²) >= 11 is 6.00. The summed E-state index contributed by atoms with van der Waals surface area (Å²) in [6.07, 6.45) is 3.93. The lowest BCUT2D eigenvalue weighted by Gasteiger charge is -2.01. The van der Waals surface area contributed by atoms with E-state index in [1.807, 2.05) is 48.2 Å². The number of hydrogen-bond donors (Lipinski definition) is 1. The quantitative estimate of drug-likeness (QED) is 0.707. The zero-order valence-electron chi connectivity index (χ0n) is 13.3. The summed E-state index contributed by atoms with van der Waals surface area (Å²) in [4.78, 5) is 12.3. The number of halogens is 1. The molecule has 0 saturated heterocycles. The zero-order valence-corrected chi connectivity index (χ0v) is 14.0. The molecule has 0 atom stereocenters. The summed E-state index contributed by atoms with van der Waals surface area (Å²) in [5, 5.41) is 4.54. The molecule has 2 aromatic carbocycles. The average molecular weight is 339 g/mol. The first-order chi connectivity index (χ1) is 11.6. The van der Waals surface area contributed by atoms with Gasteiger partial charge in [0.25, 0.3) is 5.91 Å². The van der Waals surface area contributed by atoms with Crippen LogP contribution in [-0.4, -0.2) is 17.6 Å². The zero-order chi connectivity index (χ0) is 16.8. The first kappa shape index (κ1) is 14.8. The fourth-order valence-corrected chi connectivity index (χ4v) is 3.27. The fourth-order valence-electron chi connectivity index (χ4n) is 3.10. The second-order valence-corrected chi connectivity index (χ2v) is 6.22. The number of rotatable bonds is 2. The number of aromatic nitrogens is 1. The molecule has 4 nitrogen and oxygen atoms in total. The summed E-state index contributed by atoms with van der Waals surface area (Å²) in [6, 6.07) is 11.4. The Morgan fingerprint density at radius 3 is 2.83 bits per heavy atom. The van der Waals surface area contributed by atoms with E-state index in [-0.39, 0.29) is 5.91 Å². The maximum absolute atomic E-state index is 12.3. The Kier molecular flexibility index (Phi) is 3.36. The van der Waals surface area contributed by atoms with Gasteiger partial charge in [0.1, 0.15) is 5.75 Å². The van der Waals surface area contributed by atoms with Gasteiger partial charge in [-0.05, 0) is 30.3 Å². The topological polar surface area (TPSA) is 43.3 Å². The Labute approximate surface area is 144 Å². The normalized spacial score (nSPS) is 15.0. The molecule has 24 heavy (non-hydrogen) atoms. The van der Waals surface area contributed by atoms with E-state index in [0.717, 1.165) is 33.5 Å². The maximum Gasteiger partial charge on any atom is 0.256 e. The lowest BCUT2D eigenvalue weighted by atomic mass is 10.0. The molecule has 0 radical (unpaired) electrons. The molecule has 1 amide bonds. The number of methoxy groups -OCH3 is 1. The Balaban J connectivity index is 1.88. The predicted octanol–water partition coefficient (Wildman–Crippen LogP) is 4.33. The number of aryl methyl sites for hydroxylation is 1. The Morgan fingerprint density at radius 1 is 1.21 bits per heavy atom. The Bertz CT molecular complexity index is 1020. The highest BCUT2D eigenvalue weighted by Crippen LogP contribution is 2.36. The lowest BCUT2D eigenvalue weighted by Crippen LogP contribution is -2.03. The van der Waals surface area contributed by atoms with Gasteiger partial charge in [-0.1, -0.05) is 17.7 Å². The molecule has 1 aromatic heterocycles. The minimum atomic E-state index is -0.113. The molecular formula is C19H15ClN2O2. The van der Waals surface area contributed by atoms with Crippen molar-refractivity contribution in [2.45, 2.75) is 0 Å². The summed E-state index contributed by atoms with van der Waals surface area (Å²) < 4.78 is 7.32. The average Bonchev–Trinajstić information content (AvgIpc) is 3.04. The SMILES string of the molecule is COc1ccc2c(/C=C3\C(=O)Nc4cc(Cl)ccc43)cn(C)c2c1. The van der Waals surface area contributed by atoms with Gasteiger partial charge in [-0.15, -0.1) is 0 Å². The van der Waals surface area contributed by atoms with Gasteiger partial charge < -0.3 is 14.6 Å². The van der Waals surface area contributed by atoms with Crippen LogP contribution in [0.15, 0.2) is 42.6 Å². The van der Waals surface area contributed by atoms with Crippen LogP contribution in [0.2, 0.25) is 5.02 Å². The third kappa shape index (κ3) is 2.27. The molecule has 1 N–H and O–H groups in total. The molecule has 1 aliphatic rings. The van der Waals surface area contributed by atoms with Gasteiger partial charge in [-0.2, -0.15) is 0 Å². The molecule has 0 saturated carbocycles. The molecule has 3 aromatic rings. The molecule has 0 unspecified atom stereocenters. The van der Waals surface area contributed by atoms with Crippen molar-refractivity contribution in [1.29, 1.82) is 0 Å². The second kappa shape index (κ2) is 5.42. The molecule has 2 heterocycles. The van der Waals surface area contributed by atoms with Crippen molar-refractivity contribution in [1.82, 2.24) is 4.57 Å². The maximum atomic E-state index is 12.3. The number of carbonyl (C=O) groups excluding carboxylic acids is 1. The van der Waals surface area contributed by atoms with E-state index in [1.165, 1.54) is 0 Å². The predicted molar refractivity (Wildman–Crippen MR) is 97.4 cm³/mol. The minimum Gasteiger partial charge on any atom is -0.497 e. The van der Waals surface area contributed by atoms with E-state index >= 15 is 0 Å². The van der Waals surface area contributed by atoms with Gasteiger partial charge >= 0.3 is 0 Å². The standard InChI is InChI=1S/C19H15ClN2O2/c1-22-10-11(14-6-4-13(24-2)9-18(14)22)7-16-15-5-3-12(20)8-17(15)21-19(16)23/h3-10H,1-2H3,(H,21,23)/b16-7-. The van der Waals surface area contributed by atoms with E-state index in [9.17, 15) is 4.79 Å². The van der Waals surface area contributed by atoms with E-state index in [4.69, 9.17) is 16.3 Å². The number of benzene rings is 2. The molecule has 0 aliphatic carbocycles. The van der Waals surface area contributed by atoms with Gasteiger partial charge in [0, 0.05) is 46.4 Å². The van der Waals surface area contributed by atoms with Gasteiger partial charge in [0.05, 0.1) is 18.3 Å². The van der Waals surface area contributed by atoms with Crippen molar-refractivity contribution in [2.75, 3.05) is 12.4 Å². The van der Waals surface area contributed by atoms with Crippen LogP contribution >= 0.6 is 11.6 Å². The van der Waals surface area contributed by atoms with E-state index in [0.29, 0.717) is 10.6 Å². The Morgan fingerprint density at radius 2 is 2.04 bits per heavy atom. The molecule has 0 spiro atoms. The van der Waals surface area contributed by atoms with Crippen LogP contribution in [0.25, 0.3) is 22.6 Å². The number of nitrogens with one attached hydrogen (secondary N) is 1.